The van der Waals surface area contributed by atoms with Gasteiger partial charge in [0.25, 0.3) is 0 Å². The molecule has 3 N–H and O–H groups in total. The SMILES string of the molecule is Nc1cccc(Nc2ccc(-c3ccc(N(c4ccccc4)c4cccc(-c5ccccc5)c4)cc3)cc2)c1. The van der Waals surface area contributed by atoms with Gasteiger partial charge in [0.15, 0.2) is 0 Å². The van der Waals surface area contributed by atoms with Crippen molar-refractivity contribution in [3.63, 3.8) is 0 Å². The van der Waals surface area contributed by atoms with Gasteiger partial charge in [-0.25, -0.2) is 0 Å². The smallest absolute Gasteiger partial charge is 0.0467 e. The van der Waals surface area contributed by atoms with Crippen LogP contribution in [0.5, 0.6) is 0 Å². The van der Waals surface area contributed by atoms with E-state index in [0.29, 0.717) is 0 Å². The second kappa shape index (κ2) is 11.0. The van der Waals surface area contributed by atoms with Gasteiger partial charge in [-0.05, 0) is 89.0 Å². The Morgan fingerprint density at radius 3 is 1.62 bits per heavy atom. The molecule has 0 bridgehead atoms. The summed E-state index contributed by atoms with van der Waals surface area (Å²) in [5.41, 5.74) is 16.7. The van der Waals surface area contributed by atoms with Gasteiger partial charge in [-0.15, -0.1) is 0 Å². The maximum absolute atomic E-state index is 5.91. The van der Waals surface area contributed by atoms with Gasteiger partial charge >= 0.3 is 0 Å². The molecular formula is C36H29N3. The monoisotopic (exact) mass is 503 g/mol. The molecule has 3 heteroatoms. The van der Waals surface area contributed by atoms with E-state index in [9.17, 15) is 0 Å². The fourth-order valence-electron chi connectivity index (χ4n) is 4.81. The number of anilines is 6. The summed E-state index contributed by atoms with van der Waals surface area (Å²) in [6, 6.07) is 54.7. The molecule has 0 aliphatic rings. The van der Waals surface area contributed by atoms with Gasteiger partial charge in [0.05, 0.1) is 0 Å². The Kier molecular flexibility index (Phi) is 6.79. The lowest BCUT2D eigenvalue weighted by atomic mass is 10.0. The first-order chi connectivity index (χ1) is 19.2. The van der Waals surface area contributed by atoms with Crippen LogP contribution in [0.1, 0.15) is 0 Å². The molecule has 6 rings (SSSR count). The van der Waals surface area contributed by atoms with Gasteiger partial charge in [0.2, 0.25) is 0 Å². The van der Waals surface area contributed by atoms with Gasteiger partial charge in [-0.3, -0.25) is 0 Å². The number of nitrogens with zero attached hydrogens (tertiary/aromatic N) is 1. The Morgan fingerprint density at radius 1 is 0.385 bits per heavy atom. The third-order valence-corrected chi connectivity index (χ3v) is 6.74. The summed E-state index contributed by atoms with van der Waals surface area (Å²) in [6.07, 6.45) is 0. The normalized spacial score (nSPS) is 10.7. The number of nitrogens with two attached hydrogens (primary N) is 1. The summed E-state index contributed by atoms with van der Waals surface area (Å²) < 4.78 is 0. The van der Waals surface area contributed by atoms with Gasteiger partial charge in [-0.1, -0.05) is 91.0 Å². The molecule has 0 saturated heterocycles. The lowest BCUT2D eigenvalue weighted by molar-refractivity contribution is 1.28. The molecular weight excluding hydrogens is 474 g/mol. The van der Waals surface area contributed by atoms with Crippen LogP contribution < -0.4 is 16.0 Å². The predicted molar refractivity (Wildman–Crippen MR) is 166 cm³/mol. The van der Waals surface area contributed by atoms with E-state index < -0.39 is 0 Å². The topological polar surface area (TPSA) is 41.3 Å². The molecule has 188 valence electrons. The molecule has 0 unspecified atom stereocenters. The Bertz CT molecular complexity index is 1660. The van der Waals surface area contributed by atoms with E-state index in [2.05, 4.69) is 144 Å². The van der Waals surface area contributed by atoms with Gasteiger partial charge in [0, 0.05) is 34.1 Å². The van der Waals surface area contributed by atoms with E-state index in [1.165, 1.54) is 16.7 Å². The van der Waals surface area contributed by atoms with Crippen molar-refractivity contribution in [2.24, 2.45) is 0 Å². The lowest BCUT2D eigenvalue weighted by Crippen LogP contribution is -2.09. The molecule has 0 aromatic heterocycles. The number of rotatable bonds is 7. The quantitative estimate of drug-likeness (QED) is 0.213. The molecule has 0 aliphatic heterocycles. The number of benzene rings is 6. The number of para-hydroxylation sites is 1. The molecule has 6 aromatic carbocycles. The molecule has 6 aromatic rings. The third kappa shape index (κ3) is 5.53. The first-order valence-electron chi connectivity index (χ1n) is 13.1. The Morgan fingerprint density at radius 2 is 0.923 bits per heavy atom. The van der Waals surface area contributed by atoms with Crippen LogP contribution in [-0.4, -0.2) is 0 Å². The molecule has 0 atom stereocenters. The summed E-state index contributed by atoms with van der Waals surface area (Å²) in [5.74, 6) is 0. The summed E-state index contributed by atoms with van der Waals surface area (Å²) in [7, 11) is 0. The van der Waals surface area contributed by atoms with E-state index in [1.54, 1.807) is 0 Å². The van der Waals surface area contributed by atoms with Gasteiger partial charge < -0.3 is 16.0 Å². The predicted octanol–water partition coefficient (Wildman–Crippen LogP) is 9.82. The highest BCUT2D eigenvalue weighted by Crippen LogP contribution is 2.37. The highest BCUT2D eigenvalue weighted by molar-refractivity contribution is 5.81. The van der Waals surface area contributed by atoms with E-state index in [4.69, 9.17) is 5.73 Å². The maximum atomic E-state index is 5.91. The largest absolute Gasteiger partial charge is 0.399 e. The van der Waals surface area contributed by atoms with E-state index in [1.807, 2.05) is 24.3 Å². The average Bonchev–Trinajstić information content (AvgIpc) is 2.99. The summed E-state index contributed by atoms with van der Waals surface area (Å²) in [4.78, 5) is 2.30. The highest BCUT2D eigenvalue weighted by atomic mass is 15.1. The average molecular weight is 504 g/mol. The van der Waals surface area contributed by atoms with Crippen LogP contribution in [0.4, 0.5) is 34.1 Å². The van der Waals surface area contributed by atoms with Crippen molar-refractivity contribution in [2.75, 3.05) is 16.0 Å². The van der Waals surface area contributed by atoms with Gasteiger partial charge in [0.1, 0.15) is 0 Å². The maximum Gasteiger partial charge on any atom is 0.0467 e. The van der Waals surface area contributed by atoms with Crippen molar-refractivity contribution in [1.82, 2.24) is 0 Å². The third-order valence-electron chi connectivity index (χ3n) is 6.74. The van der Waals surface area contributed by atoms with Crippen LogP contribution in [0.25, 0.3) is 22.3 Å². The first kappa shape index (κ1) is 24.1. The second-order valence-corrected chi connectivity index (χ2v) is 9.46. The Labute approximate surface area is 229 Å². The van der Waals surface area contributed by atoms with Crippen molar-refractivity contribution in [3.05, 3.63) is 158 Å². The first-order valence-corrected chi connectivity index (χ1v) is 13.1. The van der Waals surface area contributed by atoms with Crippen molar-refractivity contribution >= 4 is 34.1 Å². The molecule has 0 heterocycles. The van der Waals surface area contributed by atoms with Crippen molar-refractivity contribution in [1.29, 1.82) is 0 Å². The molecule has 0 amide bonds. The van der Waals surface area contributed by atoms with Crippen LogP contribution in [0.3, 0.4) is 0 Å². The molecule has 0 fully saturated rings. The fraction of sp³-hybridized carbons (Fsp3) is 0. The van der Waals surface area contributed by atoms with Crippen LogP contribution >= 0.6 is 0 Å². The molecule has 39 heavy (non-hydrogen) atoms. The van der Waals surface area contributed by atoms with Crippen LogP contribution in [0.15, 0.2) is 158 Å². The van der Waals surface area contributed by atoms with Crippen molar-refractivity contribution in [3.8, 4) is 22.3 Å². The molecule has 0 spiro atoms. The van der Waals surface area contributed by atoms with Crippen molar-refractivity contribution < 1.29 is 0 Å². The lowest BCUT2D eigenvalue weighted by Gasteiger charge is -2.26. The summed E-state index contributed by atoms with van der Waals surface area (Å²) >= 11 is 0. The van der Waals surface area contributed by atoms with E-state index in [0.717, 1.165) is 39.7 Å². The van der Waals surface area contributed by atoms with Crippen LogP contribution in [0, 0.1) is 0 Å². The Hall–Kier alpha value is -5.28. The zero-order valence-electron chi connectivity index (χ0n) is 21.5. The number of hydrogen-bond donors (Lipinski definition) is 2. The van der Waals surface area contributed by atoms with Gasteiger partial charge in [-0.2, -0.15) is 0 Å². The highest BCUT2D eigenvalue weighted by Gasteiger charge is 2.13. The molecule has 0 aliphatic carbocycles. The standard InChI is InChI=1S/C36H29N3/c37-31-12-8-13-33(26-31)38-32-21-17-28(18-22-32)29-19-23-35(24-20-29)39(34-14-5-2-6-15-34)36-16-7-11-30(25-36)27-9-3-1-4-10-27/h1-26,38H,37H2. The second-order valence-electron chi connectivity index (χ2n) is 9.46. The summed E-state index contributed by atoms with van der Waals surface area (Å²) in [6.45, 7) is 0. The van der Waals surface area contributed by atoms with E-state index >= 15 is 0 Å². The molecule has 0 radical (unpaired) electrons. The fourth-order valence-corrected chi connectivity index (χ4v) is 4.81. The number of hydrogen-bond acceptors (Lipinski definition) is 3. The molecule has 3 nitrogen and oxygen atoms in total. The minimum absolute atomic E-state index is 0.744. The number of nitrogens with one attached hydrogen (secondary N) is 1. The Balaban J connectivity index is 1.29. The van der Waals surface area contributed by atoms with Crippen molar-refractivity contribution in [2.45, 2.75) is 0 Å². The molecule has 0 saturated carbocycles. The van der Waals surface area contributed by atoms with E-state index in [-0.39, 0.29) is 0 Å². The van der Waals surface area contributed by atoms with Crippen LogP contribution in [-0.2, 0) is 0 Å². The zero-order chi connectivity index (χ0) is 26.4. The number of nitrogen functional groups attached to an aromatic ring is 1. The zero-order valence-corrected chi connectivity index (χ0v) is 21.5. The minimum Gasteiger partial charge on any atom is -0.399 e. The minimum atomic E-state index is 0.744. The summed E-state index contributed by atoms with van der Waals surface area (Å²) in [5, 5.41) is 3.41. The van der Waals surface area contributed by atoms with Crippen LogP contribution in [0.2, 0.25) is 0 Å².